The Kier molecular flexibility index (Phi) is 4.71. The van der Waals surface area contributed by atoms with Crippen molar-refractivity contribution >= 4 is 69.9 Å². The van der Waals surface area contributed by atoms with Gasteiger partial charge in [0.05, 0.1) is 19.7 Å². The molecule has 7 rings (SSSR count). The number of rotatable bonds is 5. The molecule has 0 bridgehead atoms. The van der Waals surface area contributed by atoms with E-state index in [4.69, 9.17) is 0 Å². The van der Waals surface area contributed by atoms with Crippen molar-refractivity contribution in [3.05, 3.63) is 56.3 Å². The summed E-state index contributed by atoms with van der Waals surface area (Å²) >= 11 is 5.11. The normalized spacial score (nSPS) is 16.0. The van der Waals surface area contributed by atoms with Gasteiger partial charge in [-0.1, -0.05) is 26.2 Å². The van der Waals surface area contributed by atoms with Crippen LogP contribution in [0.15, 0.2) is 18.2 Å². The molecule has 1 N–H and O–H groups in total. The summed E-state index contributed by atoms with van der Waals surface area (Å²) in [5.74, 6) is -0.0788. The molecular weight excluding hydrogens is 511 g/mol. The number of aliphatic hydroxyl groups excluding tert-OH is 1. The van der Waals surface area contributed by atoms with E-state index >= 15 is 0 Å². The van der Waals surface area contributed by atoms with Gasteiger partial charge in [-0.25, -0.2) is 0 Å². The molecule has 0 fully saturated rings. The summed E-state index contributed by atoms with van der Waals surface area (Å²) in [5.41, 5.74) is 5.19. The first-order valence-corrected chi connectivity index (χ1v) is 14.6. The molecule has 1 aromatic carbocycles. The Hall–Kier alpha value is -1.97. The Balaban J connectivity index is 1.35. The standard InChI is InChI=1S/C26H18F2O2S4/c1-2-3-4-5-6-10-23-25(34-26(10)28)18-20(30)12-7-13-11(8-14(12)22(18)33-23)19(29)17-21(13)31-15-9-16(27)32-24(15)17/h7-9,20,30H,2-6H2,1H3. The van der Waals surface area contributed by atoms with E-state index in [2.05, 4.69) is 6.92 Å². The first-order chi connectivity index (χ1) is 16.5. The number of halogens is 2. The van der Waals surface area contributed by atoms with Gasteiger partial charge >= 0.3 is 0 Å². The second-order valence-electron chi connectivity index (χ2n) is 8.93. The van der Waals surface area contributed by atoms with Crippen molar-refractivity contribution in [2.24, 2.45) is 0 Å². The smallest absolute Gasteiger partial charge is 0.196 e. The molecule has 0 radical (unpaired) electrons. The summed E-state index contributed by atoms with van der Waals surface area (Å²) in [4.78, 5) is 15.1. The third-order valence-electron chi connectivity index (χ3n) is 6.94. The van der Waals surface area contributed by atoms with E-state index in [9.17, 15) is 18.7 Å². The third-order valence-corrected chi connectivity index (χ3v) is 11.7. The second-order valence-corrected chi connectivity index (χ2v) is 13.0. The first-order valence-electron chi connectivity index (χ1n) is 11.3. The minimum Gasteiger partial charge on any atom is -0.384 e. The minimum absolute atomic E-state index is 0.0788. The lowest BCUT2D eigenvalue weighted by Gasteiger charge is -2.08. The Bertz CT molecular complexity index is 1670. The molecule has 2 nitrogen and oxygen atoms in total. The van der Waals surface area contributed by atoms with Crippen LogP contribution in [0.2, 0.25) is 0 Å². The zero-order chi connectivity index (χ0) is 23.3. The van der Waals surface area contributed by atoms with Crippen molar-refractivity contribution in [3.8, 4) is 20.9 Å². The molecule has 2 aliphatic rings. The molecule has 0 saturated heterocycles. The fourth-order valence-electron chi connectivity index (χ4n) is 5.32. The zero-order valence-corrected chi connectivity index (χ0v) is 21.4. The molecule has 172 valence electrons. The topological polar surface area (TPSA) is 37.3 Å². The maximum absolute atomic E-state index is 14.9. The highest BCUT2D eigenvalue weighted by Crippen LogP contribution is 2.57. The van der Waals surface area contributed by atoms with Gasteiger partial charge in [-0.05, 0) is 36.1 Å². The Morgan fingerprint density at radius 3 is 2.56 bits per heavy atom. The molecule has 0 aliphatic heterocycles. The average Bonchev–Trinajstić information content (AvgIpc) is 3.60. The predicted molar refractivity (Wildman–Crippen MR) is 139 cm³/mol. The molecule has 0 spiro atoms. The van der Waals surface area contributed by atoms with E-state index in [-0.39, 0.29) is 16.0 Å². The number of unbranched alkanes of at least 4 members (excludes halogenated alkanes) is 3. The maximum atomic E-state index is 14.9. The van der Waals surface area contributed by atoms with Crippen LogP contribution in [-0.2, 0) is 6.42 Å². The molecule has 0 amide bonds. The van der Waals surface area contributed by atoms with Gasteiger partial charge in [0.25, 0.3) is 0 Å². The second kappa shape index (κ2) is 7.51. The van der Waals surface area contributed by atoms with Gasteiger partial charge in [0, 0.05) is 42.8 Å². The fraction of sp³-hybridized carbons (Fsp3) is 0.269. The number of benzene rings is 1. The molecule has 4 heterocycles. The van der Waals surface area contributed by atoms with Gasteiger partial charge in [0.1, 0.15) is 6.10 Å². The highest BCUT2D eigenvalue weighted by molar-refractivity contribution is 7.30. The lowest BCUT2D eigenvalue weighted by molar-refractivity contribution is 0.104. The van der Waals surface area contributed by atoms with Crippen LogP contribution in [0.4, 0.5) is 8.78 Å². The number of aryl methyl sites for hydroxylation is 1. The summed E-state index contributed by atoms with van der Waals surface area (Å²) in [5, 5.41) is 10.9. The molecule has 0 saturated carbocycles. The Morgan fingerprint density at radius 2 is 1.74 bits per heavy atom. The van der Waals surface area contributed by atoms with E-state index in [0.717, 1.165) is 100 Å². The summed E-state index contributed by atoms with van der Waals surface area (Å²) in [6, 6.07) is 5.29. The van der Waals surface area contributed by atoms with Crippen molar-refractivity contribution in [2.45, 2.75) is 45.1 Å². The number of aliphatic hydroxyl groups is 1. The molecular formula is C26H18F2O2S4. The van der Waals surface area contributed by atoms with Crippen LogP contribution in [0.5, 0.6) is 0 Å². The van der Waals surface area contributed by atoms with Crippen LogP contribution in [0.25, 0.3) is 39.7 Å². The van der Waals surface area contributed by atoms with Crippen molar-refractivity contribution in [2.75, 3.05) is 0 Å². The summed E-state index contributed by atoms with van der Waals surface area (Å²) in [6.45, 7) is 2.16. The van der Waals surface area contributed by atoms with Gasteiger partial charge in [-0.15, -0.1) is 45.3 Å². The third kappa shape index (κ3) is 2.74. The van der Waals surface area contributed by atoms with Gasteiger partial charge in [0.2, 0.25) is 0 Å². The van der Waals surface area contributed by atoms with Crippen LogP contribution in [0.3, 0.4) is 0 Å². The monoisotopic (exact) mass is 528 g/mol. The van der Waals surface area contributed by atoms with Crippen LogP contribution in [0.1, 0.15) is 71.3 Å². The quantitative estimate of drug-likeness (QED) is 0.227. The molecule has 4 aromatic heterocycles. The predicted octanol–water partition coefficient (Wildman–Crippen LogP) is 8.91. The van der Waals surface area contributed by atoms with Crippen LogP contribution >= 0.6 is 45.3 Å². The van der Waals surface area contributed by atoms with Gasteiger partial charge in [-0.3, -0.25) is 4.79 Å². The fourth-order valence-corrected chi connectivity index (χ4v) is 10.4. The summed E-state index contributed by atoms with van der Waals surface area (Å²) < 4.78 is 31.9. The van der Waals surface area contributed by atoms with E-state index in [1.54, 1.807) is 0 Å². The number of hydrogen-bond acceptors (Lipinski definition) is 6. The highest BCUT2D eigenvalue weighted by atomic mass is 32.1. The van der Waals surface area contributed by atoms with Crippen LogP contribution < -0.4 is 0 Å². The number of hydrogen-bond donors (Lipinski definition) is 1. The average molecular weight is 529 g/mol. The van der Waals surface area contributed by atoms with Crippen LogP contribution in [-0.4, -0.2) is 10.9 Å². The molecule has 5 aromatic rings. The van der Waals surface area contributed by atoms with Crippen molar-refractivity contribution in [3.63, 3.8) is 0 Å². The number of thiophene rings is 4. The van der Waals surface area contributed by atoms with E-state index in [1.807, 2.05) is 12.1 Å². The van der Waals surface area contributed by atoms with Crippen molar-refractivity contribution in [1.82, 2.24) is 0 Å². The van der Waals surface area contributed by atoms with E-state index < -0.39 is 6.10 Å². The molecule has 8 heteroatoms. The molecule has 1 unspecified atom stereocenters. The maximum Gasteiger partial charge on any atom is 0.196 e. The number of carbonyl (C=O) groups is 1. The lowest BCUT2D eigenvalue weighted by Crippen LogP contribution is -1.97. The number of ketones is 1. The number of fused-ring (bicyclic) bond motifs is 10. The zero-order valence-electron chi connectivity index (χ0n) is 18.1. The molecule has 2 aliphatic carbocycles. The summed E-state index contributed by atoms with van der Waals surface area (Å²) in [6.07, 6.45) is 4.21. The van der Waals surface area contributed by atoms with Crippen molar-refractivity contribution in [1.29, 1.82) is 0 Å². The molecule has 1 atom stereocenters. The Labute approximate surface area is 210 Å². The number of carbonyl (C=O) groups excluding carboxylic acids is 1. The van der Waals surface area contributed by atoms with Gasteiger partial charge < -0.3 is 5.11 Å². The summed E-state index contributed by atoms with van der Waals surface area (Å²) in [7, 11) is 0. The van der Waals surface area contributed by atoms with E-state index in [0.29, 0.717) is 22.2 Å². The van der Waals surface area contributed by atoms with Gasteiger partial charge in [0.15, 0.2) is 16.0 Å². The lowest BCUT2D eigenvalue weighted by atomic mass is 10.00. The van der Waals surface area contributed by atoms with E-state index in [1.165, 1.54) is 28.7 Å². The Morgan fingerprint density at radius 1 is 0.882 bits per heavy atom. The first kappa shape index (κ1) is 21.3. The SMILES string of the molecule is CCCCCCc1c(F)sc2c3c(sc12)-c1cc2c(cc1C3O)-c1sc3cc(F)sc3c1C2=O. The largest absolute Gasteiger partial charge is 0.384 e. The van der Waals surface area contributed by atoms with Gasteiger partial charge in [-0.2, -0.15) is 8.78 Å². The molecule has 34 heavy (non-hydrogen) atoms. The minimum atomic E-state index is -0.840. The van der Waals surface area contributed by atoms with Crippen molar-refractivity contribution < 1.29 is 18.7 Å². The highest BCUT2D eigenvalue weighted by Gasteiger charge is 2.39. The van der Waals surface area contributed by atoms with Crippen LogP contribution in [0, 0.1) is 10.3 Å².